The van der Waals surface area contributed by atoms with Crippen LogP contribution in [0.1, 0.15) is 69.9 Å². The molecular weight excluding hydrogens is 264 g/mol. The van der Waals surface area contributed by atoms with Gasteiger partial charge in [0.25, 0.3) is 0 Å². The summed E-state index contributed by atoms with van der Waals surface area (Å²) in [5.41, 5.74) is 2.89. The number of benzene rings is 1. The second-order valence-electron chi connectivity index (χ2n) is 6.84. The molecule has 0 amide bonds. The maximum atomic E-state index is 6.58. The van der Waals surface area contributed by atoms with Gasteiger partial charge in [0.05, 0.1) is 0 Å². The third-order valence-corrected chi connectivity index (χ3v) is 5.41. The first-order chi connectivity index (χ1) is 9.60. The Kier molecular flexibility index (Phi) is 5.96. The Bertz CT molecular complexity index is 393. The van der Waals surface area contributed by atoms with Crippen LogP contribution in [0.2, 0.25) is 0 Å². The summed E-state index contributed by atoms with van der Waals surface area (Å²) in [5, 5.41) is 0.382. The number of rotatable bonds is 5. The summed E-state index contributed by atoms with van der Waals surface area (Å²) < 4.78 is 0. The van der Waals surface area contributed by atoms with Gasteiger partial charge >= 0.3 is 0 Å². The molecule has 3 atom stereocenters. The topological polar surface area (TPSA) is 0 Å². The molecule has 20 heavy (non-hydrogen) atoms. The Labute approximate surface area is 129 Å². The predicted octanol–water partition coefficient (Wildman–Crippen LogP) is 6.18. The Morgan fingerprint density at radius 1 is 1.15 bits per heavy atom. The Morgan fingerprint density at radius 2 is 1.85 bits per heavy atom. The van der Waals surface area contributed by atoms with Gasteiger partial charge in [0, 0.05) is 5.38 Å². The van der Waals surface area contributed by atoms with E-state index in [1.165, 1.54) is 43.2 Å². The van der Waals surface area contributed by atoms with Gasteiger partial charge in [0.15, 0.2) is 0 Å². The van der Waals surface area contributed by atoms with Crippen LogP contribution in [-0.4, -0.2) is 5.38 Å². The lowest BCUT2D eigenvalue weighted by molar-refractivity contribution is 0.257. The molecule has 0 radical (unpaired) electrons. The quantitative estimate of drug-likeness (QED) is 0.569. The van der Waals surface area contributed by atoms with Gasteiger partial charge in [-0.05, 0) is 54.6 Å². The minimum atomic E-state index is 0.382. The minimum absolute atomic E-state index is 0.382. The van der Waals surface area contributed by atoms with Gasteiger partial charge in [-0.1, -0.05) is 57.9 Å². The van der Waals surface area contributed by atoms with Crippen molar-refractivity contribution in [1.82, 2.24) is 0 Å². The first-order valence-corrected chi connectivity index (χ1v) is 8.76. The van der Waals surface area contributed by atoms with Crippen LogP contribution in [0.25, 0.3) is 0 Å². The van der Waals surface area contributed by atoms with Crippen LogP contribution in [0, 0.1) is 11.8 Å². The standard InChI is InChI=1S/C19H29Cl/c1-4-5-15-8-11-19(20)18(12-15)13-16-6-9-17(10-7-16)14(2)3/h6-7,9-10,14-15,18-19H,4-5,8,11-13H2,1-3H3. The van der Waals surface area contributed by atoms with Gasteiger partial charge in [0.1, 0.15) is 0 Å². The SMILES string of the molecule is CCCC1CCC(Cl)C(Cc2ccc(C(C)C)cc2)C1. The van der Waals surface area contributed by atoms with E-state index in [4.69, 9.17) is 11.6 Å². The number of alkyl halides is 1. The summed E-state index contributed by atoms with van der Waals surface area (Å²) in [7, 11) is 0. The van der Waals surface area contributed by atoms with Crippen molar-refractivity contribution in [3.63, 3.8) is 0 Å². The first-order valence-electron chi connectivity index (χ1n) is 8.33. The summed E-state index contributed by atoms with van der Waals surface area (Å²) in [6.07, 6.45) is 7.73. The van der Waals surface area contributed by atoms with E-state index in [-0.39, 0.29) is 0 Å². The summed E-state index contributed by atoms with van der Waals surface area (Å²) in [6, 6.07) is 9.19. The maximum Gasteiger partial charge on any atom is 0.0367 e. The normalized spacial score (nSPS) is 26.9. The van der Waals surface area contributed by atoms with Crippen molar-refractivity contribution in [2.75, 3.05) is 0 Å². The van der Waals surface area contributed by atoms with Crippen LogP contribution in [0.3, 0.4) is 0 Å². The highest BCUT2D eigenvalue weighted by Gasteiger charge is 2.28. The lowest BCUT2D eigenvalue weighted by Crippen LogP contribution is -2.27. The summed E-state index contributed by atoms with van der Waals surface area (Å²) in [6.45, 7) is 6.80. The molecular formula is C19H29Cl. The van der Waals surface area contributed by atoms with Crippen LogP contribution < -0.4 is 0 Å². The molecule has 112 valence electrons. The maximum absolute atomic E-state index is 6.58. The lowest BCUT2D eigenvalue weighted by Gasteiger charge is -2.33. The fraction of sp³-hybridized carbons (Fsp3) is 0.684. The van der Waals surface area contributed by atoms with E-state index in [1.54, 1.807) is 0 Å². The molecule has 0 N–H and O–H groups in total. The minimum Gasteiger partial charge on any atom is -0.123 e. The average molecular weight is 293 g/mol. The van der Waals surface area contributed by atoms with E-state index < -0.39 is 0 Å². The molecule has 0 heterocycles. The molecule has 1 aromatic carbocycles. The van der Waals surface area contributed by atoms with E-state index in [1.807, 2.05) is 0 Å². The molecule has 0 aromatic heterocycles. The van der Waals surface area contributed by atoms with Crippen molar-refractivity contribution in [3.05, 3.63) is 35.4 Å². The number of halogens is 1. The molecule has 1 aliphatic rings. The van der Waals surface area contributed by atoms with Crippen LogP contribution in [0.5, 0.6) is 0 Å². The van der Waals surface area contributed by atoms with Crippen molar-refractivity contribution < 1.29 is 0 Å². The smallest absolute Gasteiger partial charge is 0.0367 e. The Morgan fingerprint density at radius 3 is 2.45 bits per heavy atom. The molecule has 0 saturated heterocycles. The molecule has 1 aliphatic carbocycles. The monoisotopic (exact) mass is 292 g/mol. The second-order valence-corrected chi connectivity index (χ2v) is 7.40. The van der Waals surface area contributed by atoms with Gasteiger partial charge in [-0.15, -0.1) is 11.6 Å². The molecule has 1 heteroatoms. The van der Waals surface area contributed by atoms with Crippen LogP contribution in [-0.2, 0) is 6.42 Å². The van der Waals surface area contributed by atoms with E-state index in [0.717, 1.165) is 12.3 Å². The highest BCUT2D eigenvalue weighted by atomic mass is 35.5. The summed E-state index contributed by atoms with van der Waals surface area (Å²) >= 11 is 6.58. The first kappa shape index (κ1) is 15.9. The van der Waals surface area contributed by atoms with Gasteiger partial charge < -0.3 is 0 Å². The lowest BCUT2D eigenvalue weighted by atomic mass is 9.76. The molecule has 0 spiro atoms. The number of hydrogen-bond donors (Lipinski definition) is 0. The van der Waals surface area contributed by atoms with Crippen LogP contribution >= 0.6 is 11.6 Å². The van der Waals surface area contributed by atoms with Gasteiger partial charge in [0.2, 0.25) is 0 Å². The molecule has 2 rings (SSSR count). The van der Waals surface area contributed by atoms with Gasteiger partial charge in [-0.25, -0.2) is 0 Å². The van der Waals surface area contributed by atoms with E-state index >= 15 is 0 Å². The number of hydrogen-bond acceptors (Lipinski definition) is 0. The molecule has 0 nitrogen and oxygen atoms in total. The van der Waals surface area contributed by atoms with Crippen molar-refractivity contribution in [1.29, 1.82) is 0 Å². The Balaban J connectivity index is 1.96. The Hall–Kier alpha value is -0.490. The second kappa shape index (κ2) is 7.50. The predicted molar refractivity (Wildman–Crippen MR) is 89.6 cm³/mol. The molecule has 1 aromatic rings. The fourth-order valence-electron chi connectivity index (χ4n) is 3.55. The zero-order chi connectivity index (χ0) is 14.5. The van der Waals surface area contributed by atoms with Gasteiger partial charge in [-0.2, -0.15) is 0 Å². The third kappa shape index (κ3) is 4.25. The molecule has 0 aliphatic heterocycles. The molecule has 1 saturated carbocycles. The van der Waals surface area contributed by atoms with E-state index in [9.17, 15) is 0 Å². The zero-order valence-corrected chi connectivity index (χ0v) is 14.0. The van der Waals surface area contributed by atoms with Crippen molar-refractivity contribution >= 4 is 11.6 Å². The largest absolute Gasteiger partial charge is 0.123 e. The zero-order valence-electron chi connectivity index (χ0n) is 13.2. The van der Waals surface area contributed by atoms with Crippen LogP contribution in [0.4, 0.5) is 0 Å². The highest BCUT2D eigenvalue weighted by molar-refractivity contribution is 6.20. The molecule has 0 bridgehead atoms. The summed E-state index contributed by atoms with van der Waals surface area (Å²) in [4.78, 5) is 0. The third-order valence-electron chi connectivity index (χ3n) is 4.84. The molecule has 3 unspecified atom stereocenters. The van der Waals surface area contributed by atoms with Crippen molar-refractivity contribution in [3.8, 4) is 0 Å². The van der Waals surface area contributed by atoms with Crippen molar-refractivity contribution in [2.24, 2.45) is 11.8 Å². The van der Waals surface area contributed by atoms with E-state index in [0.29, 0.717) is 17.2 Å². The van der Waals surface area contributed by atoms with Crippen LogP contribution in [0.15, 0.2) is 24.3 Å². The van der Waals surface area contributed by atoms with Gasteiger partial charge in [-0.3, -0.25) is 0 Å². The fourth-order valence-corrected chi connectivity index (χ4v) is 3.87. The highest BCUT2D eigenvalue weighted by Crippen LogP contribution is 2.37. The average Bonchev–Trinajstić information content (AvgIpc) is 2.43. The van der Waals surface area contributed by atoms with Crippen molar-refractivity contribution in [2.45, 2.75) is 70.6 Å². The summed E-state index contributed by atoms with van der Waals surface area (Å²) in [5.74, 6) is 2.20. The van der Waals surface area contributed by atoms with E-state index in [2.05, 4.69) is 45.0 Å². The molecule has 1 fully saturated rings.